The number of halogens is 1. The summed E-state index contributed by atoms with van der Waals surface area (Å²) in [5.41, 5.74) is 1.86. The van der Waals surface area contributed by atoms with Crippen LogP contribution >= 0.6 is 15.9 Å². The molecule has 1 N–H and O–H groups in total. The van der Waals surface area contributed by atoms with Crippen LogP contribution in [0, 0.1) is 11.8 Å². The fraction of sp³-hybridized carbons (Fsp3) is 0.533. The summed E-state index contributed by atoms with van der Waals surface area (Å²) in [6.07, 6.45) is 1.96. The zero-order valence-corrected chi connectivity index (χ0v) is 12.6. The molecule has 0 radical (unpaired) electrons. The lowest BCUT2D eigenvalue weighted by Gasteiger charge is -2.21. The van der Waals surface area contributed by atoms with Gasteiger partial charge in [-0.25, -0.2) is 0 Å². The number of aliphatic hydroxyl groups is 1. The minimum Gasteiger partial charge on any atom is -0.393 e. The molecular weight excluding hydrogens is 306 g/mol. The van der Waals surface area contributed by atoms with E-state index in [-0.39, 0.29) is 11.9 Å². The van der Waals surface area contributed by atoms with Gasteiger partial charge in [-0.1, -0.05) is 0 Å². The van der Waals surface area contributed by atoms with Crippen LogP contribution in [0.3, 0.4) is 0 Å². The fourth-order valence-electron chi connectivity index (χ4n) is 3.43. The van der Waals surface area contributed by atoms with Crippen LogP contribution in [-0.2, 0) is 0 Å². The molecule has 1 saturated carbocycles. The Hall–Kier alpha value is -0.870. The number of rotatable bonds is 2. The van der Waals surface area contributed by atoms with Crippen LogP contribution in [-0.4, -0.2) is 30.1 Å². The summed E-state index contributed by atoms with van der Waals surface area (Å²) in [5.74, 6) is 1.12. The van der Waals surface area contributed by atoms with Crippen molar-refractivity contribution in [2.45, 2.75) is 25.9 Å². The Kier molecular flexibility index (Phi) is 3.39. The monoisotopic (exact) mass is 323 g/mol. The van der Waals surface area contributed by atoms with Gasteiger partial charge in [0.15, 0.2) is 5.78 Å². The van der Waals surface area contributed by atoms with E-state index in [1.165, 1.54) is 0 Å². The number of carbonyl (C=O) groups excluding carboxylic acids is 1. The van der Waals surface area contributed by atoms with Gasteiger partial charge in [0.05, 0.1) is 6.10 Å². The Balaban J connectivity index is 1.81. The molecule has 4 heteroatoms. The molecule has 0 aromatic heterocycles. The molecule has 1 saturated heterocycles. The van der Waals surface area contributed by atoms with E-state index < -0.39 is 0 Å². The van der Waals surface area contributed by atoms with Gasteiger partial charge in [0.1, 0.15) is 0 Å². The third-order valence-electron chi connectivity index (χ3n) is 4.52. The molecule has 1 aromatic rings. The van der Waals surface area contributed by atoms with Crippen molar-refractivity contribution in [3.63, 3.8) is 0 Å². The Morgan fingerprint density at radius 3 is 2.79 bits per heavy atom. The number of Topliss-reactive ketones (excluding diaryl/α,β-unsaturated/α-hetero) is 1. The largest absolute Gasteiger partial charge is 0.393 e. The van der Waals surface area contributed by atoms with Crippen LogP contribution in [0.5, 0.6) is 0 Å². The summed E-state index contributed by atoms with van der Waals surface area (Å²) < 4.78 is 0.857. The highest BCUT2D eigenvalue weighted by molar-refractivity contribution is 9.10. The Morgan fingerprint density at radius 2 is 2.16 bits per heavy atom. The molecule has 3 unspecified atom stereocenters. The number of benzene rings is 1. The molecule has 0 amide bonds. The van der Waals surface area contributed by atoms with Crippen LogP contribution < -0.4 is 4.90 Å². The standard InChI is InChI=1S/C15H18BrNO2/c1-9(18)12-4-3-11(6-14(12)16)17-7-10-2-5-15(19)13(10)8-17/h3-4,6,10,13,15,19H,2,5,7-8H2,1H3. The summed E-state index contributed by atoms with van der Waals surface area (Å²) in [5, 5.41) is 9.95. The normalized spacial score (nSPS) is 29.6. The molecule has 2 aliphatic rings. The predicted octanol–water partition coefficient (Wildman–Crippen LogP) is 2.86. The molecular formula is C15H18BrNO2. The molecule has 1 aliphatic heterocycles. The van der Waals surface area contributed by atoms with Crippen molar-refractivity contribution in [1.82, 2.24) is 0 Å². The second kappa shape index (κ2) is 4.91. The summed E-state index contributed by atoms with van der Waals surface area (Å²) in [4.78, 5) is 13.8. The van der Waals surface area contributed by atoms with E-state index in [1.807, 2.05) is 18.2 Å². The van der Waals surface area contributed by atoms with Crippen LogP contribution in [0.2, 0.25) is 0 Å². The molecule has 2 fully saturated rings. The highest BCUT2D eigenvalue weighted by atomic mass is 79.9. The van der Waals surface area contributed by atoms with Crippen molar-refractivity contribution in [2.75, 3.05) is 18.0 Å². The van der Waals surface area contributed by atoms with Gasteiger partial charge in [-0.15, -0.1) is 0 Å². The number of carbonyl (C=O) groups is 1. The van der Waals surface area contributed by atoms with Crippen molar-refractivity contribution in [3.8, 4) is 0 Å². The molecule has 19 heavy (non-hydrogen) atoms. The average molecular weight is 324 g/mol. The maximum Gasteiger partial charge on any atom is 0.160 e. The minimum atomic E-state index is -0.130. The summed E-state index contributed by atoms with van der Waals surface area (Å²) in [6, 6.07) is 5.91. The first-order chi connectivity index (χ1) is 9.06. The Labute approximate surface area is 121 Å². The van der Waals surface area contributed by atoms with Crippen LogP contribution in [0.4, 0.5) is 5.69 Å². The van der Waals surface area contributed by atoms with Crippen molar-refractivity contribution in [3.05, 3.63) is 28.2 Å². The topological polar surface area (TPSA) is 40.5 Å². The summed E-state index contributed by atoms with van der Waals surface area (Å²) in [7, 11) is 0. The van der Waals surface area contributed by atoms with E-state index in [0.717, 1.165) is 41.7 Å². The fourth-order valence-corrected chi connectivity index (χ4v) is 4.08. The van der Waals surface area contributed by atoms with E-state index in [4.69, 9.17) is 0 Å². The smallest absolute Gasteiger partial charge is 0.160 e. The number of aliphatic hydroxyl groups excluding tert-OH is 1. The van der Waals surface area contributed by atoms with Gasteiger partial charge in [0.25, 0.3) is 0 Å². The van der Waals surface area contributed by atoms with Gasteiger partial charge in [0.2, 0.25) is 0 Å². The first kappa shape index (κ1) is 13.1. The van der Waals surface area contributed by atoms with Crippen LogP contribution in [0.25, 0.3) is 0 Å². The maximum atomic E-state index is 11.4. The Bertz CT molecular complexity index is 517. The average Bonchev–Trinajstić information content (AvgIpc) is 2.91. The molecule has 0 bridgehead atoms. The second-order valence-corrected chi connectivity index (χ2v) is 6.55. The second-order valence-electron chi connectivity index (χ2n) is 5.69. The van der Waals surface area contributed by atoms with Gasteiger partial charge < -0.3 is 10.0 Å². The molecule has 0 spiro atoms. The van der Waals surface area contributed by atoms with Gasteiger partial charge in [-0.05, 0) is 59.8 Å². The van der Waals surface area contributed by atoms with E-state index in [9.17, 15) is 9.90 Å². The number of anilines is 1. The number of nitrogens with zero attached hydrogens (tertiary/aromatic N) is 1. The lowest BCUT2D eigenvalue weighted by Crippen LogP contribution is -2.24. The maximum absolute atomic E-state index is 11.4. The summed E-state index contributed by atoms with van der Waals surface area (Å²) in [6.45, 7) is 3.53. The third-order valence-corrected chi connectivity index (χ3v) is 5.17. The van der Waals surface area contributed by atoms with Gasteiger partial charge in [-0.2, -0.15) is 0 Å². The molecule has 1 aromatic carbocycles. The zero-order valence-electron chi connectivity index (χ0n) is 11.0. The number of hydrogen-bond acceptors (Lipinski definition) is 3. The number of fused-ring (bicyclic) bond motifs is 1. The zero-order chi connectivity index (χ0) is 13.6. The molecule has 3 atom stereocenters. The van der Waals surface area contributed by atoms with Crippen molar-refractivity contribution >= 4 is 27.4 Å². The minimum absolute atomic E-state index is 0.0761. The molecule has 1 heterocycles. The predicted molar refractivity (Wildman–Crippen MR) is 78.6 cm³/mol. The van der Waals surface area contributed by atoms with E-state index in [0.29, 0.717) is 11.8 Å². The van der Waals surface area contributed by atoms with E-state index in [2.05, 4.69) is 20.8 Å². The summed E-state index contributed by atoms with van der Waals surface area (Å²) >= 11 is 3.47. The van der Waals surface area contributed by atoms with E-state index in [1.54, 1.807) is 6.92 Å². The van der Waals surface area contributed by atoms with Gasteiger partial charge in [-0.3, -0.25) is 4.79 Å². The lowest BCUT2D eigenvalue weighted by molar-refractivity contribution is 0.101. The van der Waals surface area contributed by atoms with Crippen molar-refractivity contribution in [1.29, 1.82) is 0 Å². The van der Waals surface area contributed by atoms with Gasteiger partial charge in [0, 0.05) is 34.7 Å². The van der Waals surface area contributed by atoms with Gasteiger partial charge >= 0.3 is 0 Å². The quantitative estimate of drug-likeness (QED) is 0.851. The highest BCUT2D eigenvalue weighted by Crippen LogP contribution is 2.40. The Morgan fingerprint density at radius 1 is 1.37 bits per heavy atom. The van der Waals surface area contributed by atoms with E-state index >= 15 is 0 Å². The number of ketones is 1. The first-order valence-corrected chi connectivity index (χ1v) is 7.59. The van der Waals surface area contributed by atoms with Crippen LogP contribution in [0.1, 0.15) is 30.1 Å². The third kappa shape index (κ3) is 2.32. The van der Waals surface area contributed by atoms with Crippen LogP contribution in [0.15, 0.2) is 22.7 Å². The molecule has 3 rings (SSSR count). The van der Waals surface area contributed by atoms with Crippen molar-refractivity contribution < 1.29 is 9.90 Å². The number of hydrogen-bond donors (Lipinski definition) is 1. The highest BCUT2D eigenvalue weighted by Gasteiger charge is 2.41. The molecule has 102 valence electrons. The molecule has 1 aliphatic carbocycles. The lowest BCUT2D eigenvalue weighted by atomic mass is 10.00. The van der Waals surface area contributed by atoms with Crippen molar-refractivity contribution in [2.24, 2.45) is 11.8 Å². The first-order valence-electron chi connectivity index (χ1n) is 6.80. The SMILES string of the molecule is CC(=O)c1ccc(N2CC3CCC(O)C3C2)cc1Br. The molecule has 3 nitrogen and oxygen atoms in total.